The molecule has 0 fully saturated rings. The predicted octanol–water partition coefficient (Wildman–Crippen LogP) is 6.13. The zero-order valence-corrected chi connectivity index (χ0v) is 28.8. The normalized spacial score (nSPS) is 12.4. The van der Waals surface area contributed by atoms with E-state index < -0.39 is 17.6 Å². The lowest BCUT2D eigenvalue weighted by Gasteiger charge is -2.24. The van der Waals surface area contributed by atoms with Gasteiger partial charge in [0.25, 0.3) is 0 Å². The molecule has 2 atom stereocenters. The first-order valence-corrected chi connectivity index (χ1v) is 19.6. The van der Waals surface area contributed by atoms with Gasteiger partial charge in [-0.2, -0.15) is 0 Å². The van der Waals surface area contributed by atoms with Gasteiger partial charge < -0.3 is 0 Å². The topological polar surface area (TPSA) is 0 Å². The van der Waals surface area contributed by atoms with Gasteiger partial charge in [-0.15, -0.1) is 0 Å². The summed E-state index contributed by atoms with van der Waals surface area (Å²) in [5, 5.41) is 8.72. The molecule has 0 aliphatic heterocycles. The largest absolute Gasteiger partial charge is 0.133 e. The third-order valence-corrected chi connectivity index (χ3v) is 15.7. The lowest BCUT2D eigenvalue weighted by atomic mass is 10.0. The van der Waals surface area contributed by atoms with E-state index in [4.69, 9.17) is 0 Å². The van der Waals surface area contributed by atoms with Crippen molar-refractivity contribution < 1.29 is 0 Å². The lowest BCUT2D eigenvalue weighted by Crippen LogP contribution is -2.55. The first-order chi connectivity index (χ1) is 22.7. The van der Waals surface area contributed by atoms with Gasteiger partial charge >= 0.3 is 0 Å². The van der Waals surface area contributed by atoms with E-state index in [9.17, 15) is 0 Å². The van der Waals surface area contributed by atoms with Crippen LogP contribution >= 0.6 is 0 Å². The number of aryl methyl sites for hydroxylation is 2. The molecule has 0 aromatic heterocycles. The Balaban J connectivity index is 1.37. The maximum Gasteiger partial charge on any atom is 0.133 e. The van der Waals surface area contributed by atoms with Gasteiger partial charge in [-0.25, -0.2) is 0 Å². The van der Waals surface area contributed by atoms with Crippen LogP contribution in [0.3, 0.4) is 0 Å². The molecule has 222 valence electrons. The van der Waals surface area contributed by atoms with Gasteiger partial charge in [0, 0.05) is 0 Å². The van der Waals surface area contributed by atoms with Gasteiger partial charge in [0.2, 0.25) is 0 Å². The Hall–Kier alpha value is -5.03. The quantitative estimate of drug-likeness (QED) is 0.141. The molecule has 0 amide bonds. The average molecular weight is 623 g/mol. The smallest absolute Gasteiger partial charge is 0.0626 e. The van der Waals surface area contributed by atoms with E-state index in [0.717, 1.165) is 0 Å². The Bertz CT molecular complexity index is 1910. The van der Waals surface area contributed by atoms with Crippen LogP contribution in [0.25, 0.3) is 22.3 Å². The molecular weight excluding hydrogens is 585 g/mol. The second-order valence-electron chi connectivity index (χ2n) is 12.2. The first kappa shape index (κ1) is 29.7. The highest BCUT2D eigenvalue weighted by molar-refractivity contribution is 6.97. The highest BCUT2D eigenvalue weighted by Gasteiger charge is 2.26. The summed E-state index contributed by atoms with van der Waals surface area (Å²) in [6.07, 6.45) is 0. The maximum absolute atomic E-state index is 2.45. The zero-order valence-electron chi connectivity index (χ0n) is 26.5. The van der Waals surface area contributed by atoms with Crippen LogP contribution in [0, 0.1) is 13.8 Å². The molecule has 7 aromatic rings. The molecular formula is C44H38Si2. The van der Waals surface area contributed by atoms with E-state index in [2.05, 4.69) is 196 Å². The fourth-order valence-electron chi connectivity index (χ4n) is 7.01. The van der Waals surface area contributed by atoms with Crippen molar-refractivity contribution in [3.63, 3.8) is 0 Å². The minimum atomic E-state index is -1.79. The van der Waals surface area contributed by atoms with Gasteiger partial charge in [-0.05, 0) is 57.6 Å². The second-order valence-corrected chi connectivity index (χ2v) is 17.8. The fraction of sp³-hybridized carbons (Fsp3) is 0.0455. The molecule has 0 bridgehead atoms. The summed E-state index contributed by atoms with van der Waals surface area (Å²) in [5.74, 6) is 0. The molecule has 0 aliphatic rings. The van der Waals surface area contributed by atoms with Crippen molar-refractivity contribution in [2.75, 3.05) is 0 Å². The molecule has 0 radical (unpaired) electrons. The number of rotatable bonds is 8. The van der Waals surface area contributed by atoms with E-state index in [1.54, 1.807) is 0 Å². The van der Waals surface area contributed by atoms with Crippen LogP contribution in [0.15, 0.2) is 182 Å². The van der Waals surface area contributed by atoms with Crippen molar-refractivity contribution in [3.8, 4) is 22.3 Å². The molecule has 0 saturated carbocycles. The van der Waals surface area contributed by atoms with Crippen molar-refractivity contribution in [2.24, 2.45) is 0 Å². The van der Waals surface area contributed by atoms with E-state index >= 15 is 0 Å². The van der Waals surface area contributed by atoms with Crippen molar-refractivity contribution in [1.29, 1.82) is 0 Å². The van der Waals surface area contributed by atoms with E-state index in [1.165, 1.54) is 64.5 Å². The summed E-state index contributed by atoms with van der Waals surface area (Å²) in [6.45, 7) is 4.45. The minimum Gasteiger partial charge on any atom is -0.0626 e. The summed E-state index contributed by atoms with van der Waals surface area (Å²) in [6, 6.07) is 68.0. The Morgan fingerprint density at radius 2 is 0.543 bits per heavy atom. The fourth-order valence-corrected chi connectivity index (χ4v) is 13.3. The van der Waals surface area contributed by atoms with E-state index in [1.807, 2.05) is 0 Å². The molecule has 0 aliphatic carbocycles. The molecule has 0 nitrogen and oxygen atoms in total. The molecule has 46 heavy (non-hydrogen) atoms. The summed E-state index contributed by atoms with van der Waals surface area (Å²) < 4.78 is 0. The molecule has 0 spiro atoms. The van der Waals surface area contributed by atoms with Crippen LogP contribution in [-0.2, 0) is 0 Å². The minimum absolute atomic E-state index is 1.31. The average Bonchev–Trinajstić information content (AvgIpc) is 3.11. The van der Waals surface area contributed by atoms with Crippen LogP contribution < -0.4 is 31.1 Å². The van der Waals surface area contributed by atoms with Crippen LogP contribution in [-0.4, -0.2) is 17.6 Å². The summed E-state index contributed by atoms with van der Waals surface area (Å²) in [7, 11) is -3.58. The van der Waals surface area contributed by atoms with Crippen LogP contribution in [0.4, 0.5) is 0 Å². The monoisotopic (exact) mass is 622 g/mol. The maximum atomic E-state index is 2.45. The van der Waals surface area contributed by atoms with Gasteiger partial charge in [0.05, 0.1) is 0 Å². The van der Waals surface area contributed by atoms with Crippen molar-refractivity contribution >= 4 is 48.7 Å². The Morgan fingerprint density at radius 1 is 0.261 bits per heavy atom. The van der Waals surface area contributed by atoms with E-state index in [0.29, 0.717) is 0 Å². The van der Waals surface area contributed by atoms with Crippen LogP contribution in [0.5, 0.6) is 0 Å². The highest BCUT2D eigenvalue weighted by atomic mass is 28.3. The van der Waals surface area contributed by atoms with Gasteiger partial charge in [0.1, 0.15) is 17.6 Å². The molecule has 2 heteroatoms. The predicted molar refractivity (Wildman–Crippen MR) is 205 cm³/mol. The standard InChI is InChI=1S/C44H38Si2/c1-33-17-9-11-23-39(33)41-25-13-15-27-43(41)45(35-19-5-3-6-20-35)37-29-31-38(32-30-37)46(36-21-7-4-8-22-36)44-28-16-14-26-42(44)40-24-12-10-18-34(40)2/h3-32,45-46H,1-2H3. The van der Waals surface area contributed by atoms with Gasteiger partial charge in [-0.3, -0.25) is 0 Å². The Morgan fingerprint density at radius 3 is 0.913 bits per heavy atom. The third-order valence-electron chi connectivity index (χ3n) is 9.28. The number of hydrogen-bond acceptors (Lipinski definition) is 0. The van der Waals surface area contributed by atoms with Crippen molar-refractivity contribution in [1.82, 2.24) is 0 Å². The van der Waals surface area contributed by atoms with Crippen molar-refractivity contribution in [2.45, 2.75) is 13.8 Å². The Labute approximate surface area is 276 Å². The highest BCUT2D eigenvalue weighted by Crippen LogP contribution is 2.23. The molecule has 7 aromatic carbocycles. The molecule has 7 rings (SSSR count). The molecule has 0 saturated heterocycles. The SMILES string of the molecule is Cc1ccccc1-c1ccccc1[SiH](c1ccccc1)c1ccc([SiH](c2ccccc2)c2ccccc2-c2ccccc2C)cc1. The Kier molecular flexibility index (Phi) is 8.73. The summed E-state index contributed by atoms with van der Waals surface area (Å²) >= 11 is 0. The van der Waals surface area contributed by atoms with Crippen LogP contribution in [0.1, 0.15) is 11.1 Å². The number of hydrogen-bond donors (Lipinski definition) is 0. The zero-order chi connectivity index (χ0) is 31.3. The molecule has 0 N–H and O–H groups in total. The second kappa shape index (κ2) is 13.5. The molecule has 2 unspecified atom stereocenters. The molecule has 0 heterocycles. The first-order valence-electron chi connectivity index (χ1n) is 16.2. The summed E-state index contributed by atoms with van der Waals surface area (Å²) in [4.78, 5) is 0. The summed E-state index contributed by atoms with van der Waals surface area (Å²) in [5.41, 5.74) is 7.99. The van der Waals surface area contributed by atoms with Crippen LogP contribution in [0.2, 0.25) is 0 Å². The van der Waals surface area contributed by atoms with Crippen molar-refractivity contribution in [3.05, 3.63) is 193 Å². The lowest BCUT2D eigenvalue weighted by molar-refractivity contribution is 1.46. The third kappa shape index (κ3) is 5.98. The number of benzene rings is 7. The van der Waals surface area contributed by atoms with Gasteiger partial charge in [0.15, 0.2) is 0 Å². The van der Waals surface area contributed by atoms with E-state index in [-0.39, 0.29) is 0 Å². The van der Waals surface area contributed by atoms with Gasteiger partial charge in [-0.1, -0.05) is 203 Å².